The van der Waals surface area contributed by atoms with Gasteiger partial charge in [0.2, 0.25) is 0 Å². The number of nitrogens with two attached hydrogens (primary N) is 1. The largest absolute Gasteiger partial charge is 0.328 e. The summed E-state index contributed by atoms with van der Waals surface area (Å²) in [4.78, 5) is 2.52. The molecule has 0 saturated heterocycles. The minimum atomic E-state index is 0.332. The molecule has 0 aromatic carbocycles. The molecule has 78 valence electrons. The molecule has 0 bridgehead atoms. The van der Waals surface area contributed by atoms with Crippen LogP contribution in [0.5, 0.6) is 0 Å². The summed E-state index contributed by atoms with van der Waals surface area (Å²) in [5.74, 6) is 0. The second kappa shape index (κ2) is 4.97. The molecule has 2 atom stereocenters. The third-order valence-electron chi connectivity index (χ3n) is 3.31. The van der Waals surface area contributed by atoms with Gasteiger partial charge < -0.3 is 10.6 Å². The van der Waals surface area contributed by atoms with E-state index in [-0.39, 0.29) is 0 Å². The molecular formula is C11H24N2. The third kappa shape index (κ3) is 3.28. The monoisotopic (exact) mass is 184 g/mol. The molecular weight excluding hydrogens is 160 g/mol. The first kappa shape index (κ1) is 11.0. The Balaban J connectivity index is 2.31. The van der Waals surface area contributed by atoms with Crippen molar-refractivity contribution in [2.45, 2.75) is 64.1 Å². The molecule has 2 N–H and O–H groups in total. The van der Waals surface area contributed by atoms with Crippen LogP contribution in [-0.2, 0) is 0 Å². The Morgan fingerprint density at radius 2 is 1.85 bits per heavy atom. The first-order chi connectivity index (χ1) is 6.11. The highest BCUT2D eigenvalue weighted by Gasteiger charge is 2.23. The second-order valence-electron chi connectivity index (χ2n) is 4.67. The molecule has 1 aliphatic carbocycles. The molecule has 1 aliphatic rings. The Labute approximate surface area is 82.5 Å². The van der Waals surface area contributed by atoms with Crippen molar-refractivity contribution in [1.29, 1.82) is 0 Å². The number of hydrogen-bond acceptors (Lipinski definition) is 2. The van der Waals surface area contributed by atoms with E-state index in [1.165, 1.54) is 25.7 Å². The predicted molar refractivity (Wildman–Crippen MR) is 57.7 cm³/mol. The molecule has 13 heavy (non-hydrogen) atoms. The van der Waals surface area contributed by atoms with E-state index in [1.54, 1.807) is 0 Å². The average Bonchev–Trinajstić information content (AvgIpc) is 2.53. The van der Waals surface area contributed by atoms with Gasteiger partial charge in [-0.05, 0) is 40.2 Å². The van der Waals surface area contributed by atoms with Crippen LogP contribution in [-0.4, -0.2) is 30.1 Å². The van der Waals surface area contributed by atoms with Crippen molar-refractivity contribution in [1.82, 2.24) is 4.90 Å². The van der Waals surface area contributed by atoms with Gasteiger partial charge in [0.25, 0.3) is 0 Å². The maximum atomic E-state index is 5.80. The summed E-state index contributed by atoms with van der Waals surface area (Å²) in [7, 11) is 2.25. The van der Waals surface area contributed by atoms with Gasteiger partial charge in [-0.3, -0.25) is 0 Å². The molecule has 0 aromatic rings. The predicted octanol–water partition coefficient (Wildman–Crippen LogP) is 1.99. The maximum Gasteiger partial charge on any atom is 0.00950 e. The van der Waals surface area contributed by atoms with Gasteiger partial charge in [-0.15, -0.1) is 0 Å². The normalized spacial score (nSPS) is 23.8. The summed E-state index contributed by atoms with van der Waals surface area (Å²) >= 11 is 0. The number of rotatable bonds is 4. The molecule has 2 unspecified atom stereocenters. The molecule has 1 saturated carbocycles. The van der Waals surface area contributed by atoms with Gasteiger partial charge in [-0.25, -0.2) is 0 Å². The van der Waals surface area contributed by atoms with Gasteiger partial charge in [0.05, 0.1) is 0 Å². The fourth-order valence-electron chi connectivity index (χ4n) is 2.38. The van der Waals surface area contributed by atoms with Gasteiger partial charge in [0, 0.05) is 18.1 Å². The highest BCUT2D eigenvalue weighted by Crippen LogP contribution is 2.24. The summed E-state index contributed by atoms with van der Waals surface area (Å²) in [6.45, 7) is 4.39. The molecule has 2 nitrogen and oxygen atoms in total. The smallest absolute Gasteiger partial charge is 0.00950 e. The molecule has 0 spiro atoms. The third-order valence-corrected chi connectivity index (χ3v) is 3.31. The molecule has 1 fully saturated rings. The Morgan fingerprint density at radius 1 is 1.31 bits per heavy atom. The molecule has 0 radical (unpaired) electrons. The molecule has 0 amide bonds. The zero-order chi connectivity index (χ0) is 9.84. The highest BCUT2D eigenvalue weighted by molar-refractivity contribution is 4.79. The standard InChI is InChI=1S/C11H24N2/c1-9(12)8-10(2)13(3)11-6-4-5-7-11/h9-11H,4-8,12H2,1-3H3. The van der Waals surface area contributed by atoms with E-state index in [9.17, 15) is 0 Å². The minimum absolute atomic E-state index is 0.332. The lowest BCUT2D eigenvalue weighted by molar-refractivity contribution is 0.173. The van der Waals surface area contributed by atoms with E-state index < -0.39 is 0 Å². The van der Waals surface area contributed by atoms with E-state index in [0.29, 0.717) is 12.1 Å². The summed E-state index contributed by atoms with van der Waals surface area (Å²) in [5, 5.41) is 0. The maximum absolute atomic E-state index is 5.80. The number of nitrogens with zero attached hydrogens (tertiary/aromatic N) is 1. The van der Waals surface area contributed by atoms with Gasteiger partial charge in [-0.2, -0.15) is 0 Å². The van der Waals surface area contributed by atoms with E-state index in [4.69, 9.17) is 5.73 Å². The summed E-state index contributed by atoms with van der Waals surface area (Å²) in [6, 6.07) is 1.80. The summed E-state index contributed by atoms with van der Waals surface area (Å²) < 4.78 is 0. The Kier molecular flexibility index (Phi) is 4.20. The molecule has 0 heterocycles. The average molecular weight is 184 g/mol. The summed E-state index contributed by atoms with van der Waals surface area (Å²) in [6.07, 6.45) is 6.73. The SMILES string of the molecule is CC(N)CC(C)N(C)C1CCCC1. The fraction of sp³-hybridized carbons (Fsp3) is 1.00. The molecule has 2 heteroatoms. The van der Waals surface area contributed by atoms with Crippen LogP contribution in [0.25, 0.3) is 0 Å². The zero-order valence-corrected chi connectivity index (χ0v) is 9.29. The quantitative estimate of drug-likeness (QED) is 0.724. The fourth-order valence-corrected chi connectivity index (χ4v) is 2.38. The van der Waals surface area contributed by atoms with Crippen molar-refractivity contribution in [2.75, 3.05) is 7.05 Å². The first-order valence-corrected chi connectivity index (χ1v) is 5.58. The van der Waals surface area contributed by atoms with Crippen molar-refractivity contribution in [3.63, 3.8) is 0 Å². The van der Waals surface area contributed by atoms with Crippen LogP contribution in [0.15, 0.2) is 0 Å². The van der Waals surface area contributed by atoms with Crippen molar-refractivity contribution in [3.8, 4) is 0 Å². The van der Waals surface area contributed by atoms with Crippen molar-refractivity contribution in [2.24, 2.45) is 5.73 Å². The van der Waals surface area contributed by atoms with Crippen molar-refractivity contribution < 1.29 is 0 Å². The molecule has 1 rings (SSSR count). The lowest BCUT2D eigenvalue weighted by atomic mass is 10.1. The zero-order valence-electron chi connectivity index (χ0n) is 9.29. The lowest BCUT2D eigenvalue weighted by Gasteiger charge is -2.31. The van der Waals surface area contributed by atoms with E-state index in [1.807, 2.05) is 0 Å². The minimum Gasteiger partial charge on any atom is -0.328 e. The van der Waals surface area contributed by atoms with Crippen LogP contribution in [0.3, 0.4) is 0 Å². The summed E-state index contributed by atoms with van der Waals surface area (Å²) in [5.41, 5.74) is 5.80. The van der Waals surface area contributed by atoms with Crippen LogP contribution in [0.2, 0.25) is 0 Å². The van der Waals surface area contributed by atoms with Gasteiger partial charge >= 0.3 is 0 Å². The Morgan fingerprint density at radius 3 is 2.31 bits per heavy atom. The van der Waals surface area contributed by atoms with Crippen LogP contribution in [0, 0.1) is 0 Å². The van der Waals surface area contributed by atoms with Crippen molar-refractivity contribution >= 4 is 0 Å². The highest BCUT2D eigenvalue weighted by atomic mass is 15.2. The first-order valence-electron chi connectivity index (χ1n) is 5.58. The lowest BCUT2D eigenvalue weighted by Crippen LogP contribution is -2.39. The number of hydrogen-bond donors (Lipinski definition) is 1. The molecule has 0 aromatic heterocycles. The van der Waals surface area contributed by atoms with Gasteiger partial charge in [0.15, 0.2) is 0 Å². The Bertz CT molecular complexity index is 139. The topological polar surface area (TPSA) is 29.3 Å². The van der Waals surface area contributed by atoms with Crippen LogP contribution < -0.4 is 5.73 Å². The van der Waals surface area contributed by atoms with Crippen LogP contribution in [0.4, 0.5) is 0 Å². The van der Waals surface area contributed by atoms with Gasteiger partial charge in [-0.1, -0.05) is 12.8 Å². The van der Waals surface area contributed by atoms with Crippen molar-refractivity contribution in [3.05, 3.63) is 0 Å². The van der Waals surface area contributed by atoms with E-state index in [2.05, 4.69) is 25.8 Å². The van der Waals surface area contributed by atoms with Crippen LogP contribution >= 0.6 is 0 Å². The second-order valence-corrected chi connectivity index (χ2v) is 4.67. The van der Waals surface area contributed by atoms with Gasteiger partial charge in [0.1, 0.15) is 0 Å². The Hall–Kier alpha value is -0.0800. The van der Waals surface area contributed by atoms with E-state index in [0.717, 1.165) is 12.5 Å². The van der Waals surface area contributed by atoms with E-state index >= 15 is 0 Å². The molecule has 0 aliphatic heterocycles. The van der Waals surface area contributed by atoms with Crippen LogP contribution in [0.1, 0.15) is 46.0 Å².